The van der Waals surface area contributed by atoms with Gasteiger partial charge in [-0.2, -0.15) is 0 Å². The van der Waals surface area contributed by atoms with E-state index in [1.165, 1.54) is 12.1 Å². The highest BCUT2D eigenvalue weighted by atomic mass is 35.5. The van der Waals surface area contributed by atoms with Gasteiger partial charge in [-0.25, -0.2) is 0 Å². The Morgan fingerprint density at radius 1 is 1.12 bits per heavy atom. The zero-order valence-electron chi connectivity index (χ0n) is 9.16. The molecular formula is C13H10ClNO2. The van der Waals surface area contributed by atoms with Crippen molar-refractivity contribution in [1.29, 1.82) is 0 Å². The molecule has 0 saturated carbocycles. The third-order valence-corrected chi connectivity index (χ3v) is 2.72. The Morgan fingerprint density at radius 2 is 1.76 bits per heavy atom. The number of rotatable bonds is 2. The molecule has 4 heteroatoms. The number of aryl methyl sites for hydroxylation is 1. The molecule has 1 aromatic carbocycles. The number of carbonyl (C=O) groups is 1. The minimum Gasteiger partial charge on any atom is -0.326 e. The van der Waals surface area contributed by atoms with Crippen molar-refractivity contribution < 1.29 is 4.79 Å². The van der Waals surface area contributed by atoms with Gasteiger partial charge < -0.3 is 4.98 Å². The van der Waals surface area contributed by atoms with E-state index >= 15 is 0 Å². The fourth-order valence-electron chi connectivity index (χ4n) is 1.58. The van der Waals surface area contributed by atoms with Gasteiger partial charge in [0.2, 0.25) is 5.56 Å². The Hall–Kier alpha value is -1.87. The van der Waals surface area contributed by atoms with Gasteiger partial charge in [-0.1, -0.05) is 11.6 Å². The largest absolute Gasteiger partial charge is 0.326 e. The standard InChI is InChI=1S/C13H10ClNO2/c1-8-11(6-7-12(16)15-8)13(17)9-2-4-10(14)5-3-9/h2-7H,1H3,(H,15,16). The maximum absolute atomic E-state index is 12.1. The van der Waals surface area contributed by atoms with E-state index in [2.05, 4.69) is 4.98 Å². The molecule has 0 unspecified atom stereocenters. The molecule has 0 radical (unpaired) electrons. The van der Waals surface area contributed by atoms with Gasteiger partial charge >= 0.3 is 0 Å². The molecule has 17 heavy (non-hydrogen) atoms. The highest BCUT2D eigenvalue weighted by molar-refractivity contribution is 6.30. The van der Waals surface area contributed by atoms with E-state index in [9.17, 15) is 9.59 Å². The van der Waals surface area contributed by atoms with Crippen LogP contribution in [-0.2, 0) is 0 Å². The van der Waals surface area contributed by atoms with Gasteiger partial charge in [-0.05, 0) is 37.3 Å². The maximum atomic E-state index is 12.1. The Balaban J connectivity index is 2.43. The second-order valence-corrected chi connectivity index (χ2v) is 4.13. The SMILES string of the molecule is Cc1[nH]c(=O)ccc1C(=O)c1ccc(Cl)cc1. The van der Waals surface area contributed by atoms with Crippen molar-refractivity contribution in [3.05, 3.63) is 68.6 Å². The molecule has 2 aromatic rings. The first-order valence-corrected chi connectivity index (χ1v) is 5.46. The number of H-pyrrole nitrogens is 1. The maximum Gasteiger partial charge on any atom is 0.248 e. The molecule has 0 bridgehead atoms. The van der Waals surface area contributed by atoms with E-state index in [-0.39, 0.29) is 11.3 Å². The van der Waals surface area contributed by atoms with E-state index in [4.69, 9.17) is 11.6 Å². The Bertz CT molecular complexity index is 614. The van der Waals surface area contributed by atoms with Crippen LogP contribution in [0.2, 0.25) is 5.02 Å². The normalized spacial score (nSPS) is 10.2. The summed E-state index contributed by atoms with van der Waals surface area (Å²) < 4.78 is 0. The molecule has 2 rings (SSSR count). The van der Waals surface area contributed by atoms with Crippen LogP contribution >= 0.6 is 11.6 Å². The number of pyridine rings is 1. The van der Waals surface area contributed by atoms with E-state index in [0.717, 1.165) is 0 Å². The summed E-state index contributed by atoms with van der Waals surface area (Å²) in [6, 6.07) is 9.53. The number of aromatic nitrogens is 1. The molecule has 1 N–H and O–H groups in total. The first-order valence-electron chi connectivity index (χ1n) is 5.08. The van der Waals surface area contributed by atoms with Crippen LogP contribution in [0.5, 0.6) is 0 Å². The minimum atomic E-state index is -0.213. The van der Waals surface area contributed by atoms with E-state index in [1.807, 2.05) is 0 Å². The summed E-state index contributed by atoms with van der Waals surface area (Å²) >= 11 is 5.76. The van der Waals surface area contributed by atoms with Crippen LogP contribution in [0.25, 0.3) is 0 Å². The third-order valence-electron chi connectivity index (χ3n) is 2.47. The molecule has 1 heterocycles. The summed E-state index contributed by atoms with van der Waals surface area (Å²) in [6.45, 7) is 1.70. The van der Waals surface area contributed by atoms with Gasteiger partial charge in [0.05, 0.1) is 0 Å². The lowest BCUT2D eigenvalue weighted by Gasteiger charge is -2.04. The zero-order chi connectivity index (χ0) is 12.4. The van der Waals surface area contributed by atoms with Crippen LogP contribution in [0.1, 0.15) is 21.6 Å². The van der Waals surface area contributed by atoms with Crippen LogP contribution in [0.3, 0.4) is 0 Å². The zero-order valence-corrected chi connectivity index (χ0v) is 9.91. The van der Waals surface area contributed by atoms with Gasteiger partial charge in [-0.15, -0.1) is 0 Å². The number of aromatic amines is 1. The van der Waals surface area contributed by atoms with Gasteiger partial charge in [0, 0.05) is 27.9 Å². The quantitative estimate of drug-likeness (QED) is 0.830. The summed E-state index contributed by atoms with van der Waals surface area (Å²) in [5.74, 6) is -0.129. The van der Waals surface area contributed by atoms with Crippen molar-refractivity contribution in [2.24, 2.45) is 0 Å². The first-order chi connectivity index (χ1) is 8.08. The van der Waals surface area contributed by atoms with Crippen molar-refractivity contribution in [1.82, 2.24) is 4.98 Å². The number of benzene rings is 1. The Labute approximate surface area is 103 Å². The van der Waals surface area contributed by atoms with Crippen LogP contribution in [-0.4, -0.2) is 10.8 Å². The van der Waals surface area contributed by atoms with Crippen molar-refractivity contribution >= 4 is 17.4 Å². The molecule has 0 aliphatic carbocycles. The lowest BCUT2D eigenvalue weighted by Crippen LogP contribution is -2.11. The summed E-state index contributed by atoms with van der Waals surface area (Å²) in [4.78, 5) is 25.8. The molecule has 0 aliphatic rings. The summed E-state index contributed by atoms with van der Waals surface area (Å²) in [5.41, 5.74) is 1.39. The van der Waals surface area contributed by atoms with Gasteiger partial charge in [0.25, 0.3) is 0 Å². The lowest BCUT2D eigenvalue weighted by molar-refractivity contribution is 0.103. The highest BCUT2D eigenvalue weighted by Gasteiger charge is 2.11. The molecule has 0 fully saturated rings. The number of halogens is 1. The predicted octanol–water partition coefficient (Wildman–Crippen LogP) is 2.57. The van der Waals surface area contributed by atoms with Crippen molar-refractivity contribution in [2.45, 2.75) is 6.92 Å². The molecule has 1 aromatic heterocycles. The molecule has 3 nitrogen and oxygen atoms in total. The second kappa shape index (κ2) is 4.55. The van der Waals surface area contributed by atoms with Crippen molar-refractivity contribution in [2.75, 3.05) is 0 Å². The van der Waals surface area contributed by atoms with E-state index in [0.29, 0.717) is 21.8 Å². The summed E-state index contributed by atoms with van der Waals surface area (Å²) in [5, 5.41) is 0.583. The van der Waals surface area contributed by atoms with Crippen LogP contribution in [0.15, 0.2) is 41.2 Å². The first kappa shape index (κ1) is 11.6. The monoisotopic (exact) mass is 247 g/mol. The highest BCUT2D eigenvalue weighted by Crippen LogP contribution is 2.14. The summed E-state index contributed by atoms with van der Waals surface area (Å²) in [7, 11) is 0. The van der Waals surface area contributed by atoms with E-state index < -0.39 is 0 Å². The average molecular weight is 248 g/mol. The number of hydrogen-bond acceptors (Lipinski definition) is 2. The van der Waals surface area contributed by atoms with Gasteiger partial charge in [0.1, 0.15) is 0 Å². The molecule has 0 spiro atoms. The van der Waals surface area contributed by atoms with Crippen molar-refractivity contribution in [3.8, 4) is 0 Å². The lowest BCUT2D eigenvalue weighted by atomic mass is 10.0. The number of hydrogen-bond donors (Lipinski definition) is 1. The topological polar surface area (TPSA) is 49.9 Å². The van der Waals surface area contributed by atoms with Gasteiger partial charge in [0.15, 0.2) is 5.78 Å². The van der Waals surface area contributed by atoms with Crippen LogP contribution in [0.4, 0.5) is 0 Å². The second-order valence-electron chi connectivity index (χ2n) is 3.70. The predicted molar refractivity (Wildman–Crippen MR) is 66.7 cm³/mol. The Kier molecular flexibility index (Phi) is 3.11. The number of nitrogens with one attached hydrogen (secondary N) is 1. The number of ketones is 1. The van der Waals surface area contributed by atoms with E-state index in [1.54, 1.807) is 31.2 Å². The molecule has 0 atom stereocenters. The average Bonchev–Trinajstić information content (AvgIpc) is 2.29. The fourth-order valence-corrected chi connectivity index (χ4v) is 1.71. The molecule has 0 saturated heterocycles. The number of carbonyl (C=O) groups excluding carboxylic acids is 1. The Morgan fingerprint density at radius 3 is 2.35 bits per heavy atom. The summed E-state index contributed by atoms with van der Waals surface area (Å²) in [6.07, 6.45) is 0. The molecule has 86 valence electrons. The molecule has 0 aliphatic heterocycles. The van der Waals surface area contributed by atoms with Crippen molar-refractivity contribution in [3.63, 3.8) is 0 Å². The molecular weight excluding hydrogens is 238 g/mol. The van der Waals surface area contributed by atoms with Crippen LogP contribution < -0.4 is 5.56 Å². The van der Waals surface area contributed by atoms with Crippen LogP contribution in [0, 0.1) is 6.92 Å². The minimum absolute atomic E-state index is 0.129. The smallest absolute Gasteiger partial charge is 0.248 e. The molecule has 0 amide bonds. The fraction of sp³-hybridized carbons (Fsp3) is 0.0769. The van der Waals surface area contributed by atoms with Gasteiger partial charge in [-0.3, -0.25) is 9.59 Å². The third kappa shape index (κ3) is 2.45.